The van der Waals surface area contributed by atoms with E-state index in [2.05, 4.69) is 6.92 Å². The van der Waals surface area contributed by atoms with E-state index >= 15 is 0 Å². The molecule has 15 heavy (non-hydrogen) atoms. The summed E-state index contributed by atoms with van der Waals surface area (Å²) in [6, 6.07) is 7.56. The fourth-order valence-corrected chi connectivity index (χ4v) is 2.11. The number of thiocarbonyl (C=S) groups is 1. The van der Waals surface area contributed by atoms with Crippen molar-refractivity contribution in [2.45, 2.75) is 19.8 Å². The number of fused-ring (bicyclic) bond motifs is 1. The third-order valence-electron chi connectivity index (χ3n) is 2.61. The molecule has 3 heteroatoms. The Balaban J connectivity index is 2.29. The molecule has 1 heterocycles. The predicted octanol–water partition coefficient (Wildman–Crippen LogP) is 2.62. The number of benzene rings is 1. The topological polar surface area (TPSA) is 20.3 Å². The van der Waals surface area contributed by atoms with Gasteiger partial charge < -0.3 is 0 Å². The fourth-order valence-electron chi connectivity index (χ4n) is 1.76. The summed E-state index contributed by atoms with van der Waals surface area (Å²) in [6.45, 7) is 2.85. The van der Waals surface area contributed by atoms with Crippen molar-refractivity contribution in [3.8, 4) is 0 Å². The minimum Gasteiger partial charge on any atom is -0.298 e. The normalized spacial score (nSPS) is 14.6. The number of carbonyl (C=O) groups is 1. The van der Waals surface area contributed by atoms with Crippen LogP contribution in [0.5, 0.6) is 0 Å². The molecular formula is C12H13NOS. The Bertz CT molecular complexity index is 379. The maximum atomic E-state index is 12.0. The van der Waals surface area contributed by atoms with E-state index < -0.39 is 0 Å². The Morgan fingerprint density at radius 3 is 2.53 bits per heavy atom. The summed E-state index contributed by atoms with van der Waals surface area (Å²) >= 11 is 5.29. The van der Waals surface area contributed by atoms with Crippen molar-refractivity contribution in [2.24, 2.45) is 0 Å². The molecule has 0 saturated heterocycles. The van der Waals surface area contributed by atoms with Gasteiger partial charge in [-0.3, -0.25) is 9.69 Å². The van der Waals surface area contributed by atoms with Crippen LogP contribution in [-0.4, -0.2) is 22.3 Å². The largest absolute Gasteiger partial charge is 0.298 e. The van der Waals surface area contributed by atoms with Gasteiger partial charge in [0.15, 0.2) is 0 Å². The van der Waals surface area contributed by atoms with E-state index in [1.54, 1.807) is 4.90 Å². The third kappa shape index (κ3) is 1.67. The summed E-state index contributed by atoms with van der Waals surface area (Å²) in [5.74, 6) is 0.0593. The highest BCUT2D eigenvalue weighted by Gasteiger charge is 2.31. The second-order valence-corrected chi connectivity index (χ2v) is 4.05. The first-order valence-corrected chi connectivity index (χ1v) is 5.61. The van der Waals surface area contributed by atoms with E-state index in [9.17, 15) is 4.79 Å². The Labute approximate surface area is 94.9 Å². The summed E-state index contributed by atoms with van der Waals surface area (Å²) in [7, 11) is 0. The molecule has 0 aliphatic carbocycles. The Hall–Kier alpha value is -1.22. The van der Waals surface area contributed by atoms with Crippen molar-refractivity contribution in [3.63, 3.8) is 0 Å². The SMILES string of the molecule is CCCCN1C(=O)c2ccccc2C1=S. The van der Waals surface area contributed by atoms with Gasteiger partial charge >= 0.3 is 0 Å². The van der Waals surface area contributed by atoms with E-state index in [4.69, 9.17) is 12.2 Å². The van der Waals surface area contributed by atoms with Crippen LogP contribution in [0, 0.1) is 0 Å². The van der Waals surface area contributed by atoms with Crippen LogP contribution in [0.25, 0.3) is 0 Å². The lowest BCUT2D eigenvalue weighted by atomic mass is 10.1. The minimum atomic E-state index is 0.0593. The highest BCUT2D eigenvalue weighted by atomic mass is 32.1. The number of hydrogen-bond donors (Lipinski definition) is 0. The van der Waals surface area contributed by atoms with Crippen LogP contribution >= 0.6 is 12.2 Å². The molecule has 0 aromatic heterocycles. The highest BCUT2D eigenvalue weighted by molar-refractivity contribution is 7.80. The van der Waals surface area contributed by atoms with Gasteiger partial charge in [-0.05, 0) is 12.5 Å². The van der Waals surface area contributed by atoms with Crippen LogP contribution in [0.15, 0.2) is 24.3 Å². The first-order chi connectivity index (χ1) is 7.25. The number of carbonyl (C=O) groups excluding carboxylic acids is 1. The smallest absolute Gasteiger partial charge is 0.259 e. The highest BCUT2D eigenvalue weighted by Crippen LogP contribution is 2.23. The van der Waals surface area contributed by atoms with Gasteiger partial charge in [0.2, 0.25) is 0 Å². The molecule has 1 aliphatic heterocycles. The minimum absolute atomic E-state index is 0.0593. The van der Waals surface area contributed by atoms with Crippen molar-refractivity contribution in [1.82, 2.24) is 4.90 Å². The molecule has 1 amide bonds. The molecule has 2 nitrogen and oxygen atoms in total. The van der Waals surface area contributed by atoms with Crippen LogP contribution in [0.1, 0.15) is 35.7 Å². The Morgan fingerprint density at radius 2 is 1.93 bits per heavy atom. The maximum absolute atomic E-state index is 12.0. The standard InChI is InChI=1S/C12H13NOS/c1-2-3-8-13-11(14)9-6-4-5-7-10(9)12(13)15/h4-7H,2-3,8H2,1H3. The average Bonchev–Trinajstić information content (AvgIpc) is 2.51. The monoisotopic (exact) mass is 219 g/mol. The van der Waals surface area contributed by atoms with Crippen molar-refractivity contribution in [1.29, 1.82) is 0 Å². The lowest BCUT2D eigenvalue weighted by molar-refractivity contribution is 0.0860. The van der Waals surface area contributed by atoms with Crippen LogP contribution in [0.3, 0.4) is 0 Å². The number of hydrogen-bond acceptors (Lipinski definition) is 2. The number of unbranched alkanes of at least 4 members (excludes halogenated alkanes) is 1. The van der Waals surface area contributed by atoms with Gasteiger partial charge in [0.1, 0.15) is 4.99 Å². The molecule has 0 N–H and O–H groups in total. The summed E-state index contributed by atoms with van der Waals surface area (Å²) < 4.78 is 0. The van der Waals surface area contributed by atoms with Crippen molar-refractivity contribution in [3.05, 3.63) is 35.4 Å². The number of nitrogens with zero attached hydrogens (tertiary/aromatic N) is 1. The first-order valence-electron chi connectivity index (χ1n) is 5.21. The lowest BCUT2D eigenvalue weighted by Crippen LogP contribution is -2.29. The summed E-state index contributed by atoms with van der Waals surface area (Å²) in [4.78, 5) is 14.3. The Kier molecular flexibility index (Phi) is 2.82. The molecule has 2 rings (SSSR count). The second kappa shape index (κ2) is 4.11. The van der Waals surface area contributed by atoms with Gasteiger partial charge in [-0.1, -0.05) is 43.8 Å². The van der Waals surface area contributed by atoms with Crippen molar-refractivity contribution < 1.29 is 4.79 Å². The van der Waals surface area contributed by atoms with Crippen LogP contribution < -0.4 is 0 Å². The molecule has 0 atom stereocenters. The zero-order valence-electron chi connectivity index (χ0n) is 8.69. The van der Waals surface area contributed by atoms with E-state index in [0.717, 1.165) is 30.5 Å². The Morgan fingerprint density at radius 1 is 1.27 bits per heavy atom. The van der Waals surface area contributed by atoms with Crippen molar-refractivity contribution in [2.75, 3.05) is 6.54 Å². The molecule has 1 aromatic carbocycles. The van der Waals surface area contributed by atoms with Gasteiger partial charge in [0.05, 0.1) is 5.56 Å². The molecule has 0 unspecified atom stereocenters. The molecular weight excluding hydrogens is 206 g/mol. The van der Waals surface area contributed by atoms with Crippen LogP contribution in [-0.2, 0) is 0 Å². The molecule has 0 saturated carbocycles. The van der Waals surface area contributed by atoms with Gasteiger partial charge in [-0.2, -0.15) is 0 Å². The summed E-state index contributed by atoms with van der Waals surface area (Å²) in [5.41, 5.74) is 1.66. The number of rotatable bonds is 3. The molecule has 0 fully saturated rings. The van der Waals surface area contributed by atoms with Crippen molar-refractivity contribution >= 4 is 23.1 Å². The summed E-state index contributed by atoms with van der Waals surface area (Å²) in [5, 5.41) is 0. The maximum Gasteiger partial charge on any atom is 0.259 e. The van der Waals surface area contributed by atoms with Crippen LogP contribution in [0.4, 0.5) is 0 Å². The molecule has 78 valence electrons. The van der Waals surface area contributed by atoms with E-state index in [-0.39, 0.29) is 5.91 Å². The zero-order valence-corrected chi connectivity index (χ0v) is 9.51. The molecule has 0 radical (unpaired) electrons. The second-order valence-electron chi connectivity index (χ2n) is 3.66. The average molecular weight is 219 g/mol. The predicted molar refractivity (Wildman–Crippen MR) is 64.1 cm³/mol. The summed E-state index contributed by atoms with van der Waals surface area (Å²) in [6.07, 6.45) is 2.07. The van der Waals surface area contributed by atoms with Gasteiger partial charge in [-0.15, -0.1) is 0 Å². The third-order valence-corrected chi connectivity index (χ3v) is 3.05. The van der Waals surface area contributed by atoms with Gasteiger partial charge in [-0.25, -0.2) is 0 Å². The molecule has 0 spiro atoms. The zero-order chi connectivity index (χ0) is 10.8. The van der Waals surface area contributed by atoms with E-state index in [0.29, 0.717) is 4.99 Å². The van der Waals surface area contributed by atoms with Gasteiger partial charge in [0, 0.05) is 12.1 Å². The molecule has 1 aromatic rings. The van der Waals surface area contributed by atoms with Gasteiger partial charge in [0.25, 0.3) is 5.91 Å². The van der Waals surface area contributed by atoms with E-state index in [1.807, 2.05) is 24.3 Å². The lowest BCUT2D eigenvalue weighted by Gasteiger charge is -2.14. The number of amides is 1. The van der Waals surface area contributed by atoms with Crippen LogP contribution in [0.2, 0.25) is 0 Å². The molecule has 1 aliphatic rings. The first kappa shape index (κ1) is 10.3. The fraction of sp³-hybridized carbons (Fsp3) is 0.333. The van der Waals surface area contributed by atoms with E-state index in [1.165, 1.54) is 0 Å². The molecule has 0 bridgehead atoms. The quantitative estimate of drug-likeness (QED) is 0.728.